The molecule has 0 aliphatic heterocycles. The molecule has 0 saturated heterocycles. The number of benzene rings is 3. The molecule has 2 aliphatic carbocycles. The maximum Gasteiger partial charge on any atom is 0.307 e. The number of aliphatic carboxylic acids is 1. The lowest BCUT2D eigenvalue weighted by Gasteiger charge is -2.25. The van der Waals surface area contributed by atoms with E-state index in [1.807, 2.05) is 12.1 Å². The van der Waals surface area contributed by atoms with Crippen molar-refractivity contribution in [2.45, 2.75) is 24.7 Å². The van der Waals surface area contributed by atoms with Crippen LogP contribution in [-0.4, -0.2) is 11.1 Å². The molecule has 2 nitrogen and oxygen atoms in total. The summed E-state index contributed by atoms with van der Waals surface area (Å²) >= 11 is 0. The van der Waals surface area contributed by atoms with Crippen molar-refractivity contribution >= 4 is 18.1 Å². The largest absolute Gasteiger partial charge is 0.481 e. The molecule has 2 aliphatic rings. The lowest BCUT2D eigenvalue weighted by atomic mass is 9.78. The van der Waals surface area contributed by atoms with Gasteiger partial charge in [0, 0.05) is 11.8 Å². The van der Waals surface area contributed by atoms with Gasteiger partial charge in [0.25, 0.3) is 0 Å². The Labute approximate surface area is 170 Å². The zero-order valence-electron chi connectivity index (χ0n) is 16.1. The van der Waals surface area contributed by atoms with Gasteiger partial charge >= 0.3 is 5.97 Å². The van der Waals surface area contributed by atoms with Crippen LogP contribution < -0.4 is 0 Å². The molecular weight excluding hydrogens is 356 g/mol. The van der Waals surface area contributed by atoms with E-state index in [-0.39, 0.29) is 18.3 Å². The number of fused-ring (bicyclic) bond motifs is 2. The summed E-state index contributed by atoms with van der Waals surface area (Å²) in [5.74, 6) is -0.491. The third-order valence-corrected chi connectivity index (χ3v) is 6.09. The highest BCUT2D eigenvalue weighted by molar-refractivity contribution is 5.81. The quantitative estimate of drug-likeness (QED) is 0.585. The molecular formula is C27H22O2. The van der Waals surface area contributed by atoms with Crippen LogP contribution in [0.25, 0.3) is 12.2 Å². The maximum absolute atomic E-state index is 11.6. The molecule has 0 radical (unpaired) electrons. The number of carboxylic acids is 1. The van der Waals surface area contributed by atoms with E-state index in [1.54, 1.807) is 0 Å². The van der Waals surface area contributed by atoms with E-state index >= 15 is 0 Å². The van der Waals surface area contributed by atoms with Gasteiger partial charge in [-0.3, -0.25) is 4.79 Å². The van der Waals surface area contributed by atoms with Gasteiger partial charge in [0.15, 0.2) is 0 Å². The molecule has 0 aromatic heterocycles. The van der Waals surface area contributed by atoms with Crippen molar-refractivity contribution in [2.75, 3.05) is 0 Å². The summed E-state index contributed by atoms with van der Waals surface area (Å²) in [5, 5.41) is 9.53. The molecule has 2 heteroatoms. The van der Waals surface area contributed by atoms with E-state index in [9.17, 15) is 9.90 Å². The summed E-state index contributed by atoms with van der Waals surface area (Å²) in [7, 11) is 0. The van der Waals surface area contributed by atoms with Crippen molar-refractivity contribution < 1.29 is 9.90 Å². The first-order valence-corrected chi connectivity index (χ1v) is 10.1. The van der Waals surface area contributed by atoms with E-state index in [0.717, 1.165) is 17.6 Å². The van der Waals surface area contributed by atoms with Crippen LogP contribution in [0.2, 0.25) is 0 Å². The van der Waals surface area contributed by atoms with Crippen LogP contribution >= 0.6 is 0 Å². The molecule has 0 bridgehead atoms. The minimum atomic E-state index is -0.773. The molecule has 3 aromatic rings. The number of rotatable bonds is 5. The summed E-state index contributed by atoms with van der Waals surface area (Å²) in [4.78, 5) is 11.6. The Bertz CT molecular complexity index is 1140. The lowest BCUT2D eigenvalue weighted by Crippen LogP contribution is -2.13. The fraction of sp³-hybridized carbons (Fsp3) is 0.148. The molecule has 0 heterocycles. The fourth-order valence-electron chi connectivity index (χ4n) is 4.89. The number of hydrogen-bond donors (Lipinski definition) is 1. The first-order valence-electron chi connectivity index (χ1n) is 10.1. The Balaban J connectivity index is 1.61. The van der Waals surface area contributed by atoms with E-state index in [4.69, 9.17) is 0 Å². The highest BCUT2D eigenvalue weighted by Gasteiger charge is 2.36. The van der Waals surface area contributed by atoms with Gasteiger partial charge in [0.05, 0.1) is 6.42 Å². The molecule has 1 N–H and O–H groups in total. The zero-order valence-corrected chi connectivity index (χ0v) is 16.1. The van der Waals surface area contributed by atoms with E-state index in [1.165, 1.54) is 27.8 Å². The topological polar surface area (TPSA) is 37.3 Å². The molecule has 3 aromatic carbocycles. The third-order valence-electron chi connectivity index (χ3n) is 6.09. The van der Waals surface area contributed by atoms with Crippen LogP contribution in [0.3, 0.4) is 0 Å². The molecule has 0 fully saturated rings. The monoisotopic (exact) mass is 378 g/mol. The van der Waals surface area contributed by atoms with Crippen LogP contribution in [0.4, 0.5) is 0 Å². The van der Waals surface area contributed by atoms with Crippen LogP contribution in [0, 0.1) is 0 Å². The smallest absolute Gasteiger partial charge is 0.307 e. The molecule has 2 unspecified atom stereocenters. The second-order valence-corrected chi connectivity index (χ2v) is 7.87. The highest BCUT2D eigenvalue weighted by atomic mass is 16.4. The van der Waals surface area contributed by atoms with Gasteiger partial charge in [0.2, 0.25) is 0 Å². The lowest BCUT2D eigenvalue weighted by molar-refractivity contribution is -0.136. The normalized spacial score (nSPS) is 19.3. The minimum Gasteiger partial charge on any atom is -0.481 e. The predicted molar refractivity (Wildman–Crippen MR) is 117 cm³/mol. The van der Waals surface area contributed by atoms with Gasteiger partial charge in [-0.15, -0.1) is 0 Å². The second kappa shape index (κ2) is 7.21. The summed E-state index contributed by atoms with van der Waals surface area (Å²) < 4.78 is 0. The predicted octanol–water partition coefficient (Wildman–Crippen LogP) is 6.07. The summed E-state index contributed by atoms with van der Waals surface area (Å²) in [6, 6.07) is 27.4. The van der Waals surface area contributed by atoms with Crippen molar-refractivity contribution in [3.05, 3.63) is 118 Å². The van der Waals surface area contributed by atoms with Gasteiger partial charge in [-0.2, -0.15) is 0 Å². The Morgan fingerprint density at radius 1 is 0.759 bits per heavy atom. The molecule has 5 rings (SSSR count). The SMILES string of the molecule is O=C(O)CC1=Cc2ccccc2C1C1=Cc2ccccc2C1Cc1ccccc1. The number of carboxylic acid groups (broad SMARTS) is 1. The third kappa shape index (κ3) is 3.21. The van der Waals surface area contributed by atoms with Crippen LogP contribution in [0.1, 0.15) is 46.1 Å². The molecule has 0 amide bonds. The van der Waals surface area contributed by atoms with Gasteiger partial charge < -0.3 is 5.11 Å². The van der Waals surface area contributed by atoms with Gasteiger partial charge in [-0.25, -0.2) is 0 Å². The first-order chi connectivity index (χ1) is 14.2. The summed E-state index contributed by atoms with van der Waals surface area (Å²) in [6.45, 7) is 0. The maximum atomic E-state index is 11.6. The number of allylic oxidation sites excluding steroid dienone is 1. The molecule has 0 saturated carbocycles. The van der Waals surface area contributed by atoms with E-state index in [2.05, 4.69) is 78.9 Å². The van der Waals surface area contributed by atoms with Crippen molar-refractivity contribution in [1.82, 2.24) is 0 Å². The molecule has 0 spiro atoms. The molecule has 29 heavy (non-hydrogen) atoms. The Hall–Kier alpha value is -3.39. The standard InChI is InChI=1S/C27H22O2/c28-26(29)17-21-15-19-10-5-7-13-23(19)27(21)25-16-20-11-4-6-12-22(20)24(25)14-18-8-2-1-3-9-18/h1-13,15-16,24,27H,14,17H2,(H,28,29). The Morgan fingerprint density at radius 2 is 1.38 bits per heavy atom. The number of hydrogen-bond acceptors (Lipinski definition) is 1. The van der Waals surface area contributed by atoms with Gasteiger partial charge in [-0.05, 0) is 39.8 Å². The van der Waals surface area contributed by atoms with Gasteiger partial charge in [-0.1, -0.05) is 96.6 Å². The fourth-order valence-corrected chi connectivity index (χ4v) is 4.89. The van der Waals surface area contributed by atoms with Crippen LogP contribution in [0.15, 0.2) is 90.0 Å². The summed E-state index contributed by atoms with van der Waals surface area (Å²) in [5.41, 5.74) is 8.55. The van der Waals surface area contributed by atoms with Crippen molar-refractivity contribution in [2.24, 2.45) is 0 Å². The van der Waals surface area contributed by atoms with E-state index < -0.39 is 5.97 Å². The average molecular weight is 378 g/mol. The molecule has 142 valence electrons. The zero-order chi connectivity index (χ0) is 19.8. The van der Waals surface area contributed by atoms with Crippen molar-refractivity contribution in [3.63, 3.8) is 0 Å². The van der Waals surface area contributed by atoms with Gasteiger partial charge in [0.1, 0.15) is 0 Å². The van der Waals surface area contributed by atoms with Crippen molar-refractivity contribution in [3.8, 4) is 0 Å². The Morgan fingerprint density at radius 3 is 2.10 bits per heavy atom. The van der Waals surface area contributed by atoms with E-state index in [0.29, 0.717) is 0 Å². The first kappa shape index (κ1) is 17.7. The second-order valence-electron chi connectivity index (χ2n) is 7.87. The van der Waals surface area contributed by atoms with Crippen molar-refractivity contribution in [1.29, 1.82) is 0 Å². The highest BCUT2D eigenvalue weighted by Crippen LogP contribution is 2.51. The number of carbonyl (C=O) groups is 1. The molecule has 2 atom stereocenters. The van der Waals surface area contributed by atoms with Crippen LogP contribution in [0.5, 0.6) is 0 Å². The van der Waals surface area contributed by atoms with Crippen LogP contribution in [-0.2, 0) is 11.2 Å². The average Bonchev–Trinajstić information content (AvgIpc) is 3.26. The Kier molecular flexibility index (Phi) is 4.40. The summed E-state index contributed by atoms with van der Waals surface area (Å²) in [6.07, 6.45) is 5.37. The minimum absolute atomic E-state index is 0.0309.